The van der Waals surface area contributed by atoms with Gasteiger partial charge in [-0.05, 0) is 23.6 Å². The highest BCUT2D eigenvalue weighted by atomic mass is 32.2. The van der Waals surface area contributed by atoms with Crippen LogP contribution in [-0.2, 0) is 27.9 Å². The van der Waals surface area contributed by atoms with E-state index in [0.717, 1.165) is 16.7 Å². The monoisotopic (exact) mass is 374 g/mol. The van der Waals surface area contributed by atoms with Gasteiger partial charge in [0.15, 0.2) is 0 Å². The molecule has 0 bridgehead atoms. The maximum Gasteiger partial charge on any atom is 0.223 e. The van der Waals surface area contributed by atoms with Crippen molar-refractivity contribution >= 4 is 15.9 Å². The van der Waals surface area contributed by atoms with Gasteiger partial charge in [-0.25, -0.2) is 8.42 Å². The average Bonchev–Trinajstić information content (AvgIpc) is 2.59. The number of hydrogen-bond donors (Lipinski definition) is 0. The van der Waals surface area contributed by atoms with Gasteiger partial charge >= 0.3 is 0 Å². The summed E-state index contributed by atoms with van der Waals surface area (Å²) in [7, 11) is -1.66. The van der Waals surface area contributed by atoms with E-state index in [2.05, 4.69) is 0 Å². The van der Waals surface area contributed by atoms with Crippen molar-refractivity contribution in [1.29, 1.82) is 0 Å². The molecule has 6 heteroatoms. The fourth-order valence-corrected chi connectivity index (χ4v) is 3.49. The molecule has 0 heterocycles. The maximum absolute atomic E-state index is 12.4. The van der Waals surface area contributed by atoms with Gasteiger partial charge in [0, 0.05) is 33.1 Å². The van der Waals surface area contributed by atoms with E-state index in [1.165, 1.54) is 10.6 Å². The molecule has 0 radical (unpaired) electrons. The minimum atomic E-state index is -3.40. The van der Waals surface area contributed by atoms with Gasteiger partial charge in [-0.1, -0.05) is 54.6 Å². The zero-order valence-corrected chi connectivity index (χ0v) is 16.4. The van der Waals surface area contributed by atoms with Gasteiger partial charge in [0.1, 0.15) is 0 Å². The Labute approximate surface area is 156 Å². The van der Waals surface area contributed by atoms with Crippen molar-refractivity contribution in [3.05, 3.63) is 71.3 Å². The first-order chi connectivity index (χ1) is 12.3. The molecule has 0 saturated carbocycles. The summed E-state index contributed by atoms with van der Waals surface area (Å²) in [6.07, 6.45) is 1.34. The summed E-state index contributed by atoms with van der Waals surface area (Å²) in [6.45, 7) is 2.91. The molecule has 1 amide bonds. The molecule has 0 unspecified atom stereocenters. The summed E-state index contributed by atoms with van der Waals surface area (Å²) in [5.74, 6) is -0.0766. The third kappa shape index (κ3) is 5.97. The lowest BCUT2D eigenvalue weighted by atomic mass is 10.1. The van der Waals surface area contributed by atoms with Crippen LogP contribution in [0.5, 0.6) is 0 Å². The second-order valence-electron chi connectivity index (χ2n) is 6.51. The topological polar surface area (TPSA) is 57.7 Å². The standard InChI is InChI=1S/C20H26N2O3S/c1-17-9-7-8-12-19(17)16-22(26(3,24)25)14-13-20(23)21(2)15-18-10-5-4-6-11-18/h4-12H,13-16H2,1-3H3. The van der Waals surface area contributed by atoms with Crippen molar-refractivity contribution < 1.29 is 13.2 Å². The Bertz CT molecular complexity index is 835. The molecule has 2 aromatic carbocycles. The predicted molar refractivity (Wildman–Crippen MR) is 104 cm³/mol. The first-order valence-electron chi connectivity index (χ1n) is 8.55. The molecule has 0 atom stereocenters. The molecule has 2 rings (SSSR count). The number of carbonyl (C=O) groups excluding carboxylic acids is 1. The van der Waals surface area contributed by atoms with Crippen LogP contribution >= 0.6 is 0 Å². The number of carbonyl (C=O) groups is 1. The van der Waals surface area contributed by atoms with Gasteiger partial charge < -0.3 is 4.90 Å². The zero-order chi connectivity index (χ0) is 19.2. The summed E-state index contributed by atoms with van der Waals surface area (Å²) in [4.78, 5) is 14.0. The fourth-order valence-electron chi connectivity index (χ4n) is 2.70. The van der Waals surface area contributed by atoms with Crippen molar-refractivity contribution in [3.8, 4) is 0 Å². The molecule has 0 N–H and O–H groups in total. The number of hydrogen-bond acceptors (Lipinski definition) is 3. The van der Waals surface area contributed by atoms with Crippen LogP contribution in [0, 0.1) is 6.92 Å². The number of rotatable bonds is 8. The molecule has 0 aliphatic carbocycles. The lowest BCUT2D eigenvalue weighted by Crippen LogP contribution is -2.35. The Balaban J connectivity index is 1.98. The van der Waals surface area contributed by atoms with Crippen LogP contribution in [0.1, 0.15) is 23.1 Å². The molecule has 0 saturated heterocycles. The van der Waals surface area contributed by atoms with E-state index in [1.54, 1.807) is 11.9 Å². The molecule has 2 aromatic rings. The normalized spacial score (nSPS) is 11.5. The maximum atomic E-state index is 12.4. The molecule has 5 nitrogen and oxygen atoms in total. The van der Waals surface area contributed by atoms with Crippen molar-refractivity contribution in [2.24, 2.45) is 0 Å². The Morgan fingerprint density at radius 3 is 2.19 bits per heavy atom. The SMILES string of the molecule is Cc1ccccc1CN(CCC(=O)N(C)Cc1ccccc1)S(C)(=O)=O. The summed E-state index contributed by atoms with van der Waals surface area (Å²) in [5, 5.41) is 0. The quantitative estimate of drug-likeness (QED) is 0.714. The van der Waals surface area contributed by atoms with Crippen LogP contribution in [0.3, 0.4) is 0 Å². The second kappa shape index (κ2) is 8.96. The van der Waals surface area contributed by atoms with Crippen molar-refractivity contribution in [1.82, 2.24) is 9.21 Å². The molecular formula is C20H26N2O3S. The Morgan fingerprint density at radius 1 is 0.962 bits per heavy atom. The molecule has 0 fully saturated rings. The van der Waals surface area contributed by atoms with E-state index in [4.69, 9.17) is 0 Å². The van der Waals surface area contributed by atoms with Crippen LogP contribution in [0.15, 0.2) is 54.6 Å². The number of benzene rings is 2. The van der Waals surface area contributed by atoms with Crippen LogP contribution in [0.2, 0.25) is 0 Å². The molecular weight excluding hydrogens is 348 g/mol. The van der Waals surface area contributed by atoms with E-state index < -0.39 is 10.0 Å². The summed E-state index contributed by atoms with van der Waals surface area (Å²) in [5.41, 5.74) is 3.03. The van der Waals surface area contributed by atoms with Crippen molar-refractivity contribution in [2.75, 3.05) is 19.8 Å². The van der Waals surface area contributed by atoms with E-state index >= 15 is 0 Å². The lowest BCUT2D eigenvalue weighted by molar-refractivity contribution is -0.130. The molecule has 0 spiro atoms. The predicted octanol–water partition coefficient (Wildman–Crippen LogP) is 2.81. The largest absolute Gasteiger partial charge is 0.341 e. The number of aryl methyl sites for hydroxylation is 1. The minimum absolute atomic E-state index is 0.0766. The van der Waals surface area contributed by atoms with E-state index in [0.29, 0.717) is 6.54 Å². The fraction of sp³-hybridized carbons (Fsp3) is 0.350. The average molecular weight is 375 g/mol. The third-order valence-corrected chi connectivity index (χ3v) is 5.59. The summed E-state index contributed by atoms with van der Waals surface area (Å²) < 4.78 is 25.6. The summed E-state index contributed by atoms with van der Waals surface area (Å²) >= 11 is 0. The third-order valence-electron chi connectivity index (χ3n) is 4.34. The second-order valence-corrected chi connectivity index (χ2v) is 8.49. The molecule has 26 heavy (non-hydrogen) atoms. The Hall–Kier alpha value is -2.18. The van der Waals surface area contributed by atoms with Crippen molar-refractivity contribution in [3.63, 3.8) is 0 Å². The van der Waals surface area contributed by atoms with Gasteiger partial charge in [0.2, 0.25) is 15.9 Å². The van der Waals surface area contributed by atoms with E-state index in [1.807, 2.05) is 61.5 Å². The Morgan fingerprint density at radius 2 is 1.58 bits per heavy atom. The summed E-state index contributed by atoms with van der Waals surface area (Å²) in [6, 6.07) is 17.4. The van der Waals surface area contributed by atoms with Crippen LogP contribution < -0.4 is 0 Å². The van der Waals surface area contributed by atoms with Gasteiger partial charge in [0.25, 0.3) is 0 Å². The van der Waals surface area contributed by atoms with E-state index in [-0.39, 0.29) is 25.4 Å². The molecule has 0 aromatic heterocycles. The van der Waals surface area contributed by atoms with Crippen LogP contribution in [0.25, 0.3) is 0 Å². The number of nitrogens with zero attached hydrogens (tertiary/aromatic N) is 2. The lowest BCUT2D eigenvalue weighted by Gasteiger charge is -2.23. The number of sulfonamides is 1. The highest BCUT2D eigenvalue weighted by Gasteiger charge is 2.20. The van der Waals surface area contributed by atoms with Crippen LogP contribution in [-0.4, -0.2) is 43.4 Å². The zero-order valence-electron chi connectivity index (χ0n) is 15.6. The molecule has 0 aliphatic heterocycles. The van der Waals surface area contributed by atoms with Gasteiger partial charge in [-0.3, -0.25) is 4.79 Å². The van der Waals surface area contributed by atoms with Gasteiger partial charge in [-0.2, -0.15) is 4.31 Å². The van der Waals surface area contributed by atoms with Crippen molar-refractivity contribution in [2.45, 2.75) is 26.4 Å². The van der Waals surface area contributed by atoms with Gasteiger partial charge in [-0.15, -0.1) is 0 Å². The highest BCUT2D eigenvalue weighted by molar-refractivity contribution is 7.88. The first kappa shape index (κ1) is 20.1. The Kier molecular flexibility index (Phi) is 6.94. The smallest absolute Gasteiger partial charge is 0.223 e. The molecule has 0 aliphatic rings. The molecule has 140 valence electrons. The minimum Gasteiger partial charge on any atom is -0.341 e. The number of amides is 1. The van der Waals surface area contributed by atoms with Gasteiger partial charge in [0.05, 0.1) is 6.26 Å². The van der Waals surface area contributed by atoms with Crippen LogP contribution in [0.4, 0.5) is 0 Å². The van der Waals surface area contributed by atoms with E-state index in [9.17, 15) is 13.2 Å². The first-order valence-corrected chi connectivity index (χ1v) is 10.4. The highest BCUT2D eigenvalue weighted by Crippen LogP contribution is 2.14.